The van der Waals surface area contributed by atoms with Crippen molar-refractivity contribution in [3.8, 4) is 0 Å². The van der Waals surface area contributed by atoms with E-state index < -0.39 is 12.7 Å². The first-order chi connectivity index (χ1) is 9.44. The molecule has 0 bridgehead atoms. The Hall–Kier alpha value is -1.82. The number of anilines is 1. The molecule has 1 heterocycles. The van der Waals surface area contributed by atoms with E-state index in [1.54, 1.807) is 31.2 Å². The molecule has 0 saturated heterocycles. The van der Waals surface area contributed by atoms with Gasteiger partial charge < -0.3 is 10.0 Å². The van der Waals surface area contributed by atoms with Gasteiger partial charge in [0.05, 0.1) is 17.8 Å². The summed E-state index contributed by atoms with van der Waals surface area (Å²) >= 11 is 0. The molecule has 0 fully saturated rings. The van der Waals surface area contributed by atoms with Gasteiger partial charge in [-0.15, -0.1) is 0 Å². The third-order valence-corrected chi connectivity index (χ3v) is 3.00. The maximum atomic E-state index is 12.7. The molecule has 0 aliphatic heterocycles. The summed E-state index contributed by atoms with van der Waals surface area (Å²) in [7, 11) is 0. The zero-order valence-electron chi connectivity index (χ0n) is 11.0. The molecule has 20 heavy (non-hydrogen) atoms. The quantitative estimate of drug-likeness (QED) is 0.937. The van der Waals surface area contributed by atoms with Gasteiger partial charge in [0.1, 0.15) is 6.54 Å². The van der Waals surface area contributed by atoms with Crippen molar-refractivity contribution >= 4 is 16.6 Å². The second-order valence-electron chi connectivity index (χ2n) is 4.44. The molecule has 2 rings (SSSR count). The van der Waals surface area contributed by atoms with E-state index in [0.717, 1.165) is 0 Å². The SMILES string of the molecule is CCN(CC(F)(F)F)c1cc(CO)nc2ccccc12. The number of hydrogen-bond donors (Lipinski definition) is 1. The number of benzene rings is 1. The van der Waals surface area contributed by atoms with Crippen molar-refractivity contribution in [1.82, 2.24) is 4.98 Å². The van der Waals surface area contributed by atoms with Crippen molar-refractivity contribution in [1.29, 1.82) is 0 Å². The first kappa shape index (κ1) is 14.6. The van der Waals surface area contributed by atoms with Gasteiger partial charge in [-0.2, -0.15) is 13.2 Å². The molecule has 3 nitrogen and oxygen atoms in total. The van der Waals surface area contributed by atoms with E-state index in [-0.39, 0.29) is 13.2 Å². The van der Waals surface area contributed by atoms with Crippen molar-refractivity contribution in [2.45, 2.75) is 19.7 Å². The van der Waals surface area contributed by atoms with Gasteiger partial charge in [0.25, 0.3) is 0 Å². The molecule has 1 aromatic heterocycles. The predicted octanol–water partition coefficient (Wildman–Crippen LogP) is 3.12. The molecule has 0 unspecified atom stereocenters. The van der Waals surface area contributed by atoms with Gasteiger partial charge in [-0.3, -0.25) is 4.98 Å². The van der Waals surface area contributed by atoms with Crippen molar-refractivity contribution < 1.29 is 18.3 Å². The summed E-state index contributed by atoms with van der Waals surface area (Å²) in [6.07, 6.45) is -4.28. The van der Waals surface area contributed by atoms with E-state index in [1.807, 2.05) is 0 Å². The summed E-state index contributed by atoms with van der Waals surface area (Å²) in [5.74, 6) is 0. The standard InChI is InChI=1S/C14H15F3N2O/c1-2-19(9-14(15,16)17)13-7-10(8-20)18-12-6-4-3-5-11(12)13/h3-7,20H,2,8-9H2,1H3. The van der Waals surface area contributed by atoms with Gasteiger partial charge in [-0.05, 0) is 19.1 Å². The lowest BCUT2D eigenvalue weighted by Crippen LogP contribution is -2.34. The summed E-state index contributed by atoms with van der Waals surface area (Å²) in [6.45, 7) is 0.557. The summed E-state index contributed by atoms with van der Waals surface area (Å²) in [5.41, 5.74) is 1.38. The highest BCUT2D eigenvalue weighted by Gasteiger charge is 2.31. The normalized spacial score (nSPS) is 11.8. The lowest BCUT2D eigenvalue weighted by atomic mass is 10.1. The topological polar surface area (TPSA) is 36.4 Å². The Labute approximate surface area is 114 Å². The number of rotatable bonds is 4. The molecule has 1 N–H and O–H groups in total. The highest BCUT2D eigenvalue weighted by Crippen LogP contribution is 2.29. The minimum atomic E-state index is -4.28. The van der Waals surface area contributed by atoms with Crippen LogP contribution < -0.4 is 4.90 Å². The summed E-state index contributed by atoms with van der Waals surface area (Å²) in [4.78, 5) is 5.45. The summed E-state index contributed by atoms with van der Waals surface area (Å²) in [6, 6.07) is 8.49. The van der Waals surface area contributed by atoms with Crippen LogP contribution in [0.5, 0.6) is 0 Å². The number of pyridine rings is 1. The van der Waals surface area contributed by atoms with Gasteiger partial charge in [0, 0.05) is 17.6 Å². The molecular formula is C14H15F3N2O. The smallest absolute Gasteiger partial charge is 0.390 e. The zero-order chi connectivity index (χ0) is 14.8. The zero-order valence-corrected chi connectivity index (χ0v) is 11.0. The number of para-hydroxylation sites is 1. The van der Waals surface area contributed by atoms with Crippen LogP contribution in [0.1, 0.15) is 12.6 Å². The Morgan fingerprint density at radius 2 is 1.95 bits per heavy atom. The Morgan fingerprint density at radius 1 is 1.25 bits per heavy atom. The second-order valence-corrected chi connectivity index (χ2v) is 4.44. The van der Waals surface area contributed by atoms with Crippen LogP contribution in [0.2, 0.25) is 0 Å². The van der Waals surface area contributed by atoms with Crippen LogP contribution in [0.15, 0.2) is 30.3 Å². The van der Waals surface area contributed by atoms with Gasteiger partial charge in [0.2, 0.25) is 0 Å². The fourth-order valence-corrected chi connectivity index (χ4v) is 2.14. The number of aliphatic hydroxyl groups is 1. The molecule has 1 aromatic carbocycles. The molecule has 0 saturated carbocycles. The van der Waals surface area contributed by atoms with Crippen LogP contribution in [0.25, 0.3) is 10.9 Å². The molecule has 2 aromatic rings. The third kappa shape index (κ3) is 3.19. The molecule has 108 valence electrons. The first-order valence-electron chi connectivity index (χ1n) is 6.26. The minimum Gasteiger partial charge on any atom is -0.390 e. The average Bonchev–Trinajstić information content (AvgIpc) is 2.42. The number of hydrogen-bond acceptors (Lipinski definition) is 3. The van der Waals surface area contributed by atoms with Gasteiger partial charge >= 0.3 is 6.18 Å². The Balaban J connectivity index is 2.55. The number of aromatic nitrogens is 1. The van der Waals surface area contributed by atoms with Crippen molar-refractivity contribution in [3.05, 3.63) is 36.0 Å². The Morgan fingerprint density at radius 3 is 2.55 bits per heavy atom. The van der Waals surface area contributed by atoms with Crippen LogP contribution in [0.3, 0.4) is 0 Å². The second kappa shape index (κ2) is 5.66. The fraction of sp³-hybridized carbons (Fsp3) is 0.357. The highest BCUT2D eigenvalue weighted by molar-refractivity contribution is 5.92. The summed E-state index contributed by atoms with van der Waals surface area (Å²) < 4.78 is 38.0. The van der Waals surface area contributed by atoms with E-state index in [4.69, 9.17) is 0 Å². The van der Waals surface area contributed by atoms with Crippen molar-refractivity contribution in [2.75, 3.05) is 18.0 Å². The maximum absolute atomic E-state index is 12.7. The van der Waals surface area contributed by atoms with Gasteiger partial charge in [-0.1, -0.05) is 18.2 Å². The van der Waals surface area contributed by atoms with E-state index in [2.05, 4.69) is 4.98 Å². The molecule has 0 amide bonds. The van der Waals surface area contributed by atoms with E-state index >= 15 is 0 Å². The molecule has 0 atom stereocenters. The first-order valence-corrected chi connectivity index (χ1v) is 6.26. The Bertz CT molecular complexity index is 598. The molecule has 0 aliphatic carbocycles. The van der Waals surface area contributed by atoms with E-state index in [9.17, 15) is 18.3 Å². The fourth-order valence-electron chi connectivity index (χ4n) is 2.14. The molecule has 6 heteroatoms. The maximum Gasteiger partial charge on any atom is 0.405 e. The van der Waals surface area contributed by atoms with Gasteiger partial charge in [0.15, 0.2) is 0 Å². The lowest BCUT2D eigenvalue weighted by molar-refractivity contribution is -0.119. The number of alkyl halides is 3. The number of halogens is 3. The Kier molecular flexibility index (Phi) is 4.13. The number of fused-ring (bicyclic) bond motifs is 1. The van der Waals surface area contributed by atoms with Gasteiger partial charge in [-0.25, -0.2) is 0 Å². The average molecular weight is 284 g/mol. The van der Waals surface area contributed by atoms with Crippen LogP contribution in [-0.4, -0.2) is 29.4 Å². The van der Waals surface area contributed by atoms with Crippen LogP contribution in [0, 0.1) is 0 Å². The molecule has 0 aliphatic rings. The number of nitrogens with zero attached hydrogens (tertiary/aromatic N) is 2. The van der Waals surface area contributed by atoms with Crippen LogP contribution in [-0.2, 0) is 6.61 Å². The predicted molar refractivity (Wildman–Crippen MR) is 71.6 cm³/mol. The number of aliphatic hydroxyl groups excluding tert-OH is 1. The monoisotopic (exact) mass is 284 g/mol. The third-order valence-electron chi connectivity index (χ3n) is 3.00. The molecular weight excluding hydrogens is 269 g/mol. The van der Waals surface area contributed by atoms with Crippen LogP contribution in [0.4, 0.5) is 18.9 Å². The largest absolute Gasteiger partial charge is 0.405 e. The van der Waals surface area contributed by atoms with Crippen LogP contribution >= 0.6 is 0 Å². The molecule has 0 spiro atoms. The molecule has 0 radical (unpaired) electrons. The lowest BCUT2D eigenvalue weighted by Gasteiger charge is -2.26. The summed E-state index contributed by atoms with van der Waals surface area (Å²) in [5, 5.41) is 9.85. The minimum absolute atomic E-state index is 0.221. The highest BCUT2D eigenvalue weighted by atomic mass is 19.4. The van der Waals surface area contributed by atoms with Crippen molar-refractivity contribution in [3.63, 3.8) is 0 Å². The van der Waals surface area contributed by atoms with E-state index in [1.165, 1.54) is 11.0 Å². The van der Waals surface area contributed by atoms with Crippen molar-refractivity contribution in [2.24, 2.45) is 0 Å². The van der Waals surface area contributed by atoms with E-state index in [0.29, 0.717) is 22.3 Å².